The summed E-state index contributed by atoms with van der Waals surface area (Å²) in [5, 5.41) is 29.3. The van der Waals surface area contributed by atoms with Gasteiger partial charge in [-0.3, -0.25) is 19.5 Å². The highest BCUT2D eigenvalue weighted by atomic mass is 16.3. The largest absolute Gasteiger partial charge is 0.505 e. The summed E-state index contributed by atoms with van der Waals surface area (Å²) in [6, 6.07) is 22.9. The number of benzene rings is 3. The zero-order valence-corrected chi connectivity index (χ0v) is 22.4. The van der Waals surface area contributed by atoms with Crippen molar-refractivity contribution in [1.82, 2.24) is 14.7 Å². The van der Waals surface area contributed by atoms with E-state index < -0.39 is 22.8 Å². The summed E-state index contributed by atoms with van der Waals surface area (Å²) in [5.41, 5.74) is 0.303. The minimum atomic E-state index is -0.573. The van der Waals surface area contributed by atoms with Crippen LogP contribution in [0.5, 0.6) is 5.75 Å². The van der Waals surface area contributed by atoms with Crippen molar-refractivity contribution >= 4 is 23.0 Å². The van der Waals surface area contributed by atoms with Crippen LogP contribution < -0.4 is 21.8 Å². The number of hydrogen-bond donors (Lipinski definition) is 4. The maximum atomic E-state index is 13.8. The first-order valence-electron chi connectivity index (χ1n) is 12.7. The van der Waals surface area contributed by atoms with Crippen LogP contribution in [-0.4, -0.2) is 39.8 Å². The number of carbonyl (C=O) groups excluding carboxylic acids is 1. The first-order chi connectivity index (χ1) is 19.2. The van der Waals surface area contributed by atoms with Crippen LogP contribution in [0.2, 0.25) is 0 Å². The molecule has 0 radical (unpaired) electrons. The van der Waals surface area contributed by atoms with Crippen molar-refractivity contribution in [3.63, 3.8) is 0 Å². The molecule has 1 atom stereocenters. The molecule has 0 fully saturated rings. The fraction of sp³-hybridized carbons (Fsp3) is 0.200. The molecular formula is C30H30N6O4. The molecular weight excluding hydrogens is 508 g/mol. The van der Waals surface area contributed by atoms with Crippen LogP contribution in [0.15, 0.2) is 82.4 Å². The number of nitriles is 1. The summed E-state index contributed by atoms with van der Waals surface area (Å²) in [5.74, 6) is -0.980. The molecule has 4 N–H and O–H groups in total. The van der Waals surface area contributed by atoms with Crippen LogP contribution in [0, 0.1) is 11.3 Å². The summed E-state index contributed by atoms with van der Waals surface area (Å²) in [4.78, 5) is 41.3. The molecule has 1 aromatic heterocycles. The van der Waals surface area contributed by atoms with Crippen molar-refractivity contribution in [2.75, 3.05) is 24.7 Å². The van der Waals surface area contributed by atoms with E-state index in [-0.39, 0.29) is 40.8 Å². The zero-order valence-electron chi connectivity index (χ0n) is 22.4. The third-order valence-corrected chi connectivity index (χ3v) is 6.42. The second kappa shape index (κ2) is 12.0. The van der Waals surface area contributed by atoms with Crippen LogP contribution in [-0.2, 0) is 6.54 Å². The molecule has 0 saturated heterocycles. The topological polar surface area (TPSA) is 143 Å². The second-order valence-corrected chi connectivity index (χ2v) is 9.44. The summed E-state index contributed by atoms with van der Waals surface area (Å²) >= 11 is 0. The lowest BCUT2D eigenvalue weighted by Crippen LogP contribution is -2.34. The number of H-pyrrole nitrogens is 1. The van der Waals surface area contributed by atoms with Crippen molar-refractivity contribution in [3.8, 4) is 11.8 Å². The molecule has 204 valence electrons. The van der Waals surface area contributed by atoms with Gasteiger partial charge in [0.25, 0.3) is 17.0 Å². The van der Waals surface area contributed by atoms with Gasteiger partial charge < -0.3 is 20.6 Å². The molecule has 0 spiro atoms. The van der Waals surface area contributed by atoms with Crippen molar-refractivity contribution in [3.05, 3.63) is 116 Å². The Balaban J connectivity index is 1.89. The lowest BCUT2D eigenvalue weighted by atomic mass is 10.0. The highest BCUT2D eigenvalue weighted by Gasteiger charge is 2.23. The van der Waals surface area contributed by atoms with E-state index in [1.54, 1.807) is 0 Å². The van der Waals surface area contributed by atoms with E-state index in [4.69, 9.17) is 0 Å². The third kappa shape index (κ3) is 5.89. The number of phenolic OH excluding ortho intramolecular Hbond substituents is 1. The van der Waals surface area contributed by atoms with E-state index in [9.17, 15) is 24.8 Å². The maximum Gasteiger partial charge on any atom is 0.291 e. The molecule has 1 heterocycles. The molecule has 1 amide bonds. The van der Waals surface area contributed by atoms with Gasteiger partial charge in [-0.2, -0.15) is 5.26 Å². The summed E-state index contributed by atoms with van der Waals surface area (Å²) < 4.78 is 1.17. The molecule has 40 heavy (non-hydrogen) atoms. The Kier molecular flexibility index (Phi) is 8.35. The molecule has 0 unspecified atom stereocenters. The number of nitrogens with zero attached hydrogens (tertiary/aromatic N) is 3. The molecule has 10 nitrogen and oxygen atoms in total. The monoisotopic (exact) mass is 538 g/mol. The van der Waals surface area contributed by atoms with Gasteiger partial charge in [0.2, 0.25) is 0 Å². The molecule has 0 saturated carbocycles. The average Bonchev–Trinajstić information content (AvgIpc) is 2.96. The second-order valence-electron chi connectivity index (χ2n) is 9.44. The van der Waals surface area contributed by atoms with Crippen LogP contribution in [0.3, 0.4) is 0 Å². The van der Waals surface area contributed by atoms with Crippen LogP contribution >= 0.6 is 0 Å². The predicted molar refractivity (Wildman–Crippen MR) is 154 cm³/mol. The van der Waals surface area contributed by atoms with Crippen LogP contribution in [0.1, 0.15) is 46.4 Å². The van der Waals surface area contributed by atoms with E-state index in [1.807, 2.05) is 73.7 Å². The quantitative estimate of drug-likeness (QED) is 0.234. The fourth-order valence-corrected chi connectivity index (χ4v) is 4.33. The minimum absolute atomic E-state index is 0.0349. The lowest BCUT2D eigenvalue weighted by Gasteiger charge is -2.22. The molecule has 4 rings (SSSR count). The van der Waals surface area contributed by atoms with E-state index >= 15 is 0 Å². The smallest absolute Gasteiger partial charge is 0.291 e. The summed E-state index contributed by atoms with van der Waals surface area (Å²) in [6.45, 7) is 2.04. The first kappa shape index (κ1) is 27.7. The third-order valence-electron chi connectivity index (χ3n) is 6.42. The Morgan fingerprint density at radius 2 is 1.70 bits per heavy atom. The number of anilines is 3. The standard InChI is InChI=1S/C30H30N6O4/c1-4-23(21-13-9-6-10-14-21)32-25-26(30(40)36(34-28(25)38)18-19-11-7-5-8-12-19)33-24-16-20(17-31)15-22(27(24)37)29(39)35(2)3/h5-16,23,32-33,37H,4,18H2,1-3H3,(H,34,38)/t23-/m1/s1. The molecule has 0 bridgehead atoms. The molecule has 3 aromatic carbocycles. The highest BCUT2D eigenvalue weighted by molar-refractivity contribution is 5.99. The fourth-order valence-electron chi connectivity index (χ4n) is 4.33. The van der Waals surface area contributed by atoms with Crippen molar-refractivity contribution in [2.24, 2.45) is 0 Å². The van der Waals surface area contributed by atoms with Gasteiger partial charge in [0.1, 0.15) is 11.4 Å². The van der Waals surface area contributed by atoms with Gasteiger partial charge in [0.15, 0.2) is 5.75 Å². The number of phenols is 1. The van der Waals surface area contributed by atoms with Crippen molar-refractivity contribution in [1.29, 1.82) is 5.26 Å². The van der Waals surface area contributed by atoms with Gasteiger partial charge in [-0.05, 0) is 29.7 Å². The predicted octanol–water partition coefficient (Wildman–Crippen LogP) is 4.17. The van der Waals surface area contributed by atoms with Gasteiger partial charge in [-0.25, -0.2) is 4.68 Å². The van der Waals surface area contributed by atoms with Crippen LogP contribution in [0.25, 0.3) is 0 Å². The van der Waals surface area contributed by atoms with E-state index in [1.165, 1.54) is 35.8 Å². The number of hydrogen-bond acceptors (Lipinski definition) is 7. The SMILES string of the molecule is CC[C@@H](Nc1c(Nc2cc(C#N)cc(C(=O)N(C)C)c2O)c(=O)n(Cc2ccccc2)[nH]c1=O)c1ccccc1. The Morgan fingerprint density at radius 1 is 1.05 bits per heavy atom. The number of carbonyl (C=O) groups is 1. The molecule has 0 aliphatic carbocycles. The van der Waals surface area contributed by atoms with Gasteiger partial charge >= 0.3 is 0 Å². The van der Waals surface area contributed by atoms with E-state index in [0.29, 0.717) is 6.42 Å². The van der Waals surface area contributed by atoms with Crippen LogP contribution in [0.4, 0.5) is 17.1 Å². The number of aromatic nitrogens is 2. The summed E-state index contributed by atoms with van der Waals surface area (Å²) in [6.07, 6.45) is 0.604. The zero-order chi connectivity index (χ0) is 28.8. The molecule has 4 aromatic rings. The number of aromatic hydroxyl groups is 1. The Hall–Kier alpha value is -5.30. The molecule has 0 aliphatic heterocycles. The van der Waals surface area contributed by atoms with Crippen molar-refractivity contribution < 1.29 is 9.90 Å². The minimum Gasteiger partial charge on any atom is -0.505 e. The summed E-state index contributed by atoms with van der Waals surface area (Å²) in [7, 11) is 3.03. The number of aromatic amines is 1. The Bertz CT molecular complexity index is 1670. The number of nitrogens with one attached hydrogen (secondary N) is 3. The van der Waals surface area contributed by atoms with Crippen molar-refractivity contribution in [2.45, 2.75) is 25.9 Å². The number of amides is 1. The van der Waals surface area contributed by atoms with E-state index in [2.05, 4.69) is 15.7 Å². The molecule has 0 aliphatic rings. The number of rotatable bonds is 9. The first-order valence-corrected chi connectivity index (χ1v) is 12.7. The lowest BCUT2D eigenvalue weighted by molar-refractivity contribution is 0.0824. The van der Waals surface area contributed by atoms with Gasteiger partial charge in [-0.1, -0.05) is 67.6 Å². The van der Waals surface area contributed by atoms with Gasteiger partial charge in [0, 0.05) is 14.1 Å². The molecule has 10 heteroatoms. The van der Waals surface area contributed by atoms with Gasteiger partial charge in [0.05, 0.1) is 35.5 Å². The average molecular weight is 539 g/mol. The Morgan fingerprint density at radius 3 is 2.30 bits per heavy atom. The normalized spacial score (nSPS) is 11.3. The highest BCUT2D eigenvalue weighted by Crippen LogP contribution is 2.34. The Labute approximate surface area is 231 Å². The van der Waals surface area contributed by atoms with Gasteiger partial charge in [-0.15, -0.1) is 0 Å². The maximum absolute atomic E-state index is 13.8. The van der Waals surface area contributed by atoms with E-state index in [0.717, 1.165) is 11.1 Å².